The second-order valence-electron chi connectivity index (χ2n) is 3.71. The smallest absolute Gasteiger partial charge is 0.243 e. The maximum atomic E-state index is 12.7. The highest BCUT2D eigenvalue weighted by Gasteiger charge is 2.15. The third-order valence-electron chi connectivity index (χ3n) is 2.32. The van der Waals surface area contributed by atoms with Crippen LogP contribution in [0.1, 0.15) is 31.7 Å². The lowest BCUT2D eigenvalue weighted by atomic mass is 10.2. The van der Waals surface area contributed by atoms with E-state index in [-0.39, 0.29) is 6.04 Å². The van der Waals surface area contributed by atoms with Crippen LogP contribution in [0.15, 0.2) is 22.9 Å². The molecule has 2 aromatic rings. The Morgan fingerprint density at radius 1 is 1.47 bits per heavy atom. The molecule has 0 bridgehead atoms. The highest BCUT2D eigenvalue weighted by atomic mass is 19.1. The van der Waals surface area contributed by atoms with Crippen molar-refractivity contribution in [1.82, 2.24) is 15.1 Å². The van der Waals surface area contributed by atoms with Crippen LogP contribution in [-0.2, 0) is 0 Å². The minimum Gasteiger partial charge on any atom is -0.337 e. The summed E-state index contributed by atoms with van der Waals surface area (Å²) in [6.07, 6.45) is 2.82. The third kappa shape index (κ3) is 2.65. The highest BCUT2D eigenvalue weighted by Crippen LogP contribution is 2.18. The van der Waals surface area contributed by atoms with Crippen molar-refractivity contribution >= 4 is 0 Å². The van der Waals surface area contributed by atoms with Gasteiger partial charge in [-0.1, -0.05) is 18.5 Å². The van der Waals surface area contributed by atoms with Crippen molar-refractivity contribution in [2.45, 2.75) is 25.8 Å². The molecule has 0 spiro atoms. The van der Waals surface area contributed by atoms with Gasteiger partial charge in [0.1, 0.15) is 11.5 Å². The number of hydrogen-bond acceptors (Lipinski definition) is 5. The van der Waals surface area contributed by atoms with E-state index >= 15 is 0 Å². The lowest BCUT2D eigenvalue weighted by molar-refractivity contribution is 0.348. The van der Waals surface area contributed by atoms with Crippen LogP contribution in [0.25, 0.3) is 11.5 Å². The number of nitrogens with zero attached hydrogens (tertiary/aromatic N) is 3. The molecule has 17 heavy (non-hydrogen) atoms. The highest BCUT2D eigenvalue weighted by molar-refractivity contribution is 5.47. The molecule has 0 fully saturated rings. The van der Waals surface area contributed by atoms with Gasteiger partial charge in [0, 0.05) is 0 Å². The van der Waals surface area contributed by atoms with Crippen molar-refractivity contribution in [2.24, 2.45) is 5.73 Å². The van der Waals surface area contributed by atoms with Crippen LogP contribution in [0.5, 0.6) is 0 Å². The third-order valence-corrected chi connectivity index (χ3v) is 2.32. The van der Waals surface area contributed by atoms with Gasteiger partial charge in [0.15, 0.2) is 0 Å². The molecule has 0 aromatic carbocycles. The zero-order valence-electron chi connectivity index (χ0n) is 9.43. The molecule has 0 radical (unpaired) electrons. The summed E-state index contributed by atoms with van der Waals surface area (Å²) in [5.41, 5.74) is 6.31. The molecule has 1 unspecified atom stereocenters. The Kier molecular flexibility index (Phi) is 3.43. The van der Waals surface area contributed by atoms with Gasteiger partial charge in [0.25, 0.3) is 0 Å². The fourth-order valence-corrected chi connectivity index (χ4v) is 1.43. The van der Waals surface area contributed by atoms with E-state index in [4.69, 9.17) is 10.3 Å². The Balaban J connectivity index is 2.20. The topological polar surface area (TPSA) is 77.8 Å². The van der Waals surface area contributed by atoms with Gasteiger partial charge in [-0.2, -0.15) is 4.98 Å². The molecule has 0 amide bonds. The summed E-state index contributed by atoms with van der Waals surface area (Å²) < 4.78 is 17.7. The summed E-state index contributed by atoms with van der Waals surface area (Å²) in [4.78, 5) is 8.01. The summed E-state index contributed by atoms with van der Waals surface area (Å²) in [5.74, 6) is 0.305. The molecule has 2 N–H and O–H groups in total. The molecule has 0 saturated carbocycles. The van der Waals surface area contributed by atoms with Crippen molar-refractivity contribution in [1.29, 1.82) is 0 Å². The van der Waals surface area contributed by atoms with E-state index in [2.05, 4.69) is 15.1 Å². The number of rotatable bonds is 4. The van der Waals surface area contributed by atoms with Gasteiger partial charge in [0.2, 0.25) is 11.7 Å². The summed E-state index contributed by atoms with van der Waals surface area (Å²) in [6, 6.07) is 2.53. The largest absolute Gasteiger partial charge is 0.337 e. The lowest BCUT2D eigenvalue weighted by Gasteiger charge is -2.01. The van der Waals surface area contributed by atoms with Gasteiger partial charge in [-0.05, 0) is 18.6 Å². The average molecular weight is 236 g/mol. The molecule has 5 nitrogen and oxygen atoms in total. The van der Waals surface area contributed by atoms with Crippen molar-refractivity contribution in [2.75, 3.05) is 0 Å². The van der Waals surface area contributed by atoms with Crippen molar-refractivity contribution < 1.29 is 8.91 Å². The Hall–Kier alpha value is -1.82. The molecule has 1 atom stereocenters. The molecule has 0 saturated heterocycles. The zero-order valence-corrected chi connectivity index (χ0v) is 9.43. The number of aromatic nitrogens is 3. The zero-order chi connectivity index (χ0) is 12.3. The Morgan fingerprint density at radius 3 is 2.94 bits per heavy atom. The second-order valence-corrected chi connectivity index (χ2v) is 3.71. The molecule has 0 aliphatic heterocycles. The van der Waals surface area contributed by atoms with Crippen LogP contribution in [-0.4, -0.2) is 15.1 Å². The van der Waals surface area contributed by atoms with E-state index in [0.717, 1.165) is 19.0 Å². The summed E-state index contributed by atoms with van der Waals surface area (Å²) in [5, 5.41) is 3.77. The minimum absolute atomic E-state index is 0.262. The Bertz CT molecular complexity index is 482. The number of hydrogen-bond donors (Lipinski definition) is 1. The molecule has 2 aromatic heterocycles. The number of halogens is 1. The lowest BCUT2D eigenvalue weighted by Crippen LogP contribution is -2.09. The monoisotopic (exact) mass is 236 g/mol. The molecule has 0 aliphatic rings. The fourth-order valence-electron chi connectivity index (χ4n) is 1.43. The van der Waals surface area contributed by atoms with E-state index in [1.807, 2.05) is 6.92 Å². The summed E-state index contributed by atoms with van der Waals surface area (Å²) >= 11 is 0. The van der Waals surface area contributed by atoms with Crippen LogP contribution in [0, 0.1) is 5.82 Å². The van der Waals surface area contributed by atoms with E-state index in [9.17, 15) is 4.39 Å². The number of nitrogens with two attached hydrogens (primary N) is 1. The first-order chi connectivity index (χ1) is 8.20. The maximum absolute atomic E-state index is 12.7. The van der Waals surface area contributed by atoms with Crippen LogP contribution in [0.2, 0.25) is 0 Å². The van der Waals surface area contributed by atoms with Gasteiger partial charge >= 0.3 is 0 Å². The Morgan fingerprint density at radius 2 is 2.29 bits per heavy atom. The predicted octanol–water partition coefficient (Wildman–Crippen LogP) is 2.07. The SMILES string of the molecule is CCCC(N)c1nc(-c2ccc(F)cn2)no1. The van der Waals surface area contributed by atoms with Crippen LogP contribution in [0.4, 0.5) is 4.39 Å². The summed E-state index contributed by atoms with van der Waals surface area (Å²) in [6.45, 7) is 2.03. The number of pyridine rings is 1. The van der Waals surface area contributed by atoms with Gasteiger partial charge in [-0.25, -0.2) is 9.37 Å². The van der Waals surface area contributed by atoms with Crippen molar-refractivity contribution in [3.05, 3.63) is 30.0 Å². The first-order valence-electron chi connectivity index (χ1n) is 5.42. The van der Waals surface area contributed by atoms with Crippen LogP contribution in [0.3, 0.4) is 0 Å². The first kappa shape index (κ1) is 11.7. The molecule has 6 heteroatoms. The van der Waals surface area contributed by atoms with E-state index < -0.39 is 5.82 Å². The predicted molar refractivity (Wildman–Crippen MR) is 59.3 cm³/mol. The summed E-state index contributed by atoms with van der Waals surface area (Å²) in [7, 11) is 0. The maximum Gasteiger partial charge on any atom is 0.243 e. The van der Waals surface area contributed by atoms with Gasteiger partial charge in [-0.15, -0.1) is 0 Å². The second kappa shape index (κ2) is 5.01. The molecule has 0 aliphatic carbocycles. The standard InChI is InChI=1S/C11H13FN4O/c1-2-3-8(13)11-15-10(16-17-11)9-5-4-7(12)6-14-9/h4-6,8H,2-3,13H2,1H3. The van der Waals surface area contributed by atoms with Crippen LogP contribution < -0.4 is 5.73 Å². The van der Waals surface area contributed by atoms with Crippen molar-refractivity contribution in [3.8, 4) is 11.5 Å². The van der Waals surface area contributed by atoms with Gasteiger partial charge < -0.3 is 10.3 Å². The first-order valence-corrected chi connectivity index (χ1v) is 5.42. The van der Waals surface area contributed by atoms with Gasteiger partial charge in [0.05, 0.1) is 12.2 Å². The van der Waals surface area contributed by atoms with E-state index in [0.29, 0.717) is 17.4 Å². The minimum atomic E-state index is -0.403. The average Bonchev–Trinajstić information content (AvgIpc) is 2.80. The van der Waals surface area contributed by atoms with Crippen LogP contribution >= 0.6 is 0 Å². The normalized spacial score (nSPS) is 12.6. The molecule has 90 valence electrons. The quantitative estimate of drug-likeness (QED) is 0.879. The molecular formula is C11H13FN4O. The fraction of sp³-hybridized carbons (Fsp3) is 0.364. The van der Waals surface area contributed by atoms with E-state index in [1.54, 1.807) is 0 Å². The molecular weight excluding hydrogens is 223 g/mol. The van der Waals surface area contributed by atoms with Gasteiger partial charge in [-0.3, -0.25) is 0 Å². The molecule has 2 rings (SSSR count). The molecule has 2 heterocycles. The Labute approximate surface area is 97.9 Å². The van der Waals surface area contributed by atoms with Crippen molar-refractivity contribution in [3.63, 3.8) is 0 Å². The van der Waals surface area contributed by atoms with E-state index in [1.165, 1.54) is 12.1 Å².